The number of hydrogen-bond donors (Lipinski definition) is 0. The zero-order valence-corrected chi connectivity index (χ0v) is 23.0. The van der Waals surface area contributed by atoms with E-state index in [9.17, 15) is 0 Å². The van der Waals surface area contributed by atoms with Gasteiger partial charge in [0.2, 0.25) is 0 Å². The molecule has 0 aliphatic heterocycles. The van der Waals surface area contributed by atoms with E-state index in [4.69, 9.17) is 19.4 Å². The first-order valence-corrected chi connectivity index (χ1v) is 14.4. The predicted octanol–water partition coefficient (Wildman–Crippen LogP) is 10.2. The average molecular weight is 550 g/mol. The van der Waals surface area contributed by atoms with E-state index in [0.717, 1.165) is 88.3 Å². The van der Waals surface area contributed by atoms with Crippen LogP contribution in [0.1, 0.15) is 0 Å². The summed E-state index contributed by atoms with van der Waals surface area (Å²) < 4.78 is 6.35. The lowest BCUT2D eigenvalue weighted by molar-refractivity contribution is 0.669. The standard InChI is InChI=1S/C39H23N3O/c1-2-7-24(8-3-1)32-19-16-26-14-15-27-17-20-33(42-39(27)38(26)41-32)28-18-21-34-31(23-28)36-29(11-5-13-35(36)43-34)30-12-4-9-25-10-6-22-40-37(25)30/h1-23H. The van der Waals surface area contributed by atoms with Crippen molar-refractivity contribution in [2.45, 2.75) is 0 Å². The molecule has 0 amide bonds. The summed E-state index contributed by atoms with van der Waals surface area (Å²) >= 11 is 0. The van der Waals surface area contributed by atoms with E-state index in [1.807, 2.05) is 36.5 Å². The highest BCUT2D eigenvalue weighted by molar-refractivity contribution is 6.15. The molecule has 0 saturated heterocycles. The molecule has 0 unspecified atom stereocenters. The topological polar surface area (TPSA) is 51.8 Å². The minimum Gasteiger partial charge on any atom is -0.456 e. The van der Waals surface area contributed by atoms with E-state index in [1.165, 1.54) is 0 Å². The molecule has 0 aliphatic rings. The number of nitrogens with zero attached hydrogens (tertiary/aromatic N) is 3. The highest BCUT2D eigenvalue weighted by Gasteiger charge is 2.16. The Labute approximate surface area is 246 Å². The molecule has 9 rings (SSSR count). The first-order chi connectivity index (χ1) is 21.3. The Bertz CT molecular complexity index is 2510. The molecular formula is C39H23N3O. The predicted molar refractivity (Wildman–Crippen MR) is 176 cm³/mol. The SMILES string of the molecule is c1ccc(-c2ccc3ccc4ccc(-c5ccc6oc7cccc(-c8cccc9cccnc89)c7c6c5)nc4c3n2)cc1. The molecule has 4 heteroatoms. The highest BCUT2D eigenvalue weighted by atomic mass is 16.3. The summed E-state index contributed by atoms with van der Waals surface area (Å²) in [7, 11) is 0. The first kappa shape index (κ1) is 23.8. The molecule has 200 valence electrons. The zero-order valence-electron chi connectivity index (χ0n) is 23.0. The monoisotopic (exact) mass is 549 g/mol. The molecule has 0 radical (unpaired) electrons. The van der Waals surface area contributed by atoms with Crippen molar-refractivity contribution in [2.24, 2.45) is 0 Å². The summed E-state index contributed by atoms with van der Waals surface area (Å²) in [6.07, 6.45) is 1.85. The summed E-state index contributed by atoms with van der Waals surface area (Å²) in [5, 5.41) is 5.39. The van der Waals surface area contributed by atoms with Crippen molar-refractivity contribution >= 4 is 54.6 Å². The molecule has 0 fully saturated rings. The number of furan rings is 1. The molecular weight excluding hydrogens is 526 g/mol. The number of aromatic nitrogens is 3. The smallest absolute Gasteiger partial charge is 0.136 e. The van der Waals surface area contributed by atoms with Gasteiger partial charge in [-0.25, -0.2) is 9.97 Å². The third-order valence-electron chi connectivity index (χ3n) is 8.30. The minimum atomic E-state index is 0.847. The van der Waals surface area contributed by atoms with Crippen molar-refractivity contribution in [3.05, 3.63) is 140 Å². The summed E-state index contributed by atoms with van der Waals surface area (Å²) in [5.41, 5.74) is 10.6. The molecule has 5 aromatic carbocycles. The van der Waals surface area contributed by atoms with Gasteiger partial charge in [0.25, 0.3) is 0 Å². The van der Waals surface area contributed by atoms with Crippen LogP contribution in [-0.4, -0.2) is 15.0 Å². The quantitative estimate of drug-likeness (QED) is 0.206. The molecule has 0 spiro atoms. The number of rotatable bonds is 3. The van der Waals surface area contributed by atoms with Crippen LogP contribution in [0, 0.1) is 0 Å². The largest absolute Gasteiger partial charge is 0.456 e. The maximum atomic E-state index is 6.35. The van der Waals surface area contributed by atoms with Gasteiger partial charge in [-0.15, -0.1) is 0 Å². The van der Waals surface area contributed by atoms with Gasteiger partial charge in [0.1, 0.15) is 11.2 Å². The van der Waals surface area contributed by atoms with Crippen molar-refractivity contribution in [2.75, 3.05) is 0 Å². The average Bonchev–Trinajstić information content (AvgIpc) is 3.46. The maximum absolute atomic E-state index is 6.35. The third kappa shape index (κ3) is 3.81. The lowest BCUT2D eigenvalue weighted by Crippen LogP contribution is -1.91. The Morgan fingerprint density at radius 2 is 1.12 bits per heavy atom. The molecule has 9 aromatic rings. The van der Waals surface area contributed by atoms with Gasteiger partial charge >= 0.3 is 0 Å². The lowest BCUT2D eigenvalue weighted by atomic mass is 9.96. The fourth-order valence-corrected chi connectivity index (χ4v) is 6.23. The van der Waals surface area contributed by atoms with Crippen LogP contribution >= 0.6 is 0 Å². The van der Waals surface area contributed by atoms with Crippen molar-refractivity contribution in [3.63, 3.8) is 0 Å². The normalized spacial score (nSPS) is 11.7. The number of hydrogen-bond acceptors (Lipinski definition) is 4. The summed E-state index contributed by atoms with van der Waals surface area (Å²) in [6, 6.07) is 45.9. The van der Waals surface area contributed by atoms with Gasteiger partial charge < -0.3 is 4.42 Å². The van der Waals surface area contributed by atoms with Crippen LogP contribution in [0.15, 0.2) is 144 Å². The highest BCUT2D eigenvalue weighted by Crippen LogP contribution is 2.40. The second-order valence-electron chi connectivity index (χ2n) is 10.8. The Morgan fingerprint density at radius 1 is 0.442 bits per heavy atom. The van der Waals surface area contributed by atoms with Crippen LogP contribution in [0.3, 0.4) is 0 Å². The number of benzene rings is 5. The Kier molecular flexibility index (Phi) is 5.16. The summed E-state index contributed by atoms with van der Waals surface area (Å²) in [6.45, 7) is 0. The van der Waals surface area contributed by atoms with Gasteiger partial charge in [-0.2, -0.15) is 0 Å². The molecule has 4 heterocycles. The second kappa shape index (κ2) is 9.33. The Hall–Kier alpha value is -5.87. The molecule has 43 heavy (non-hydrogen) atoms. The fraction of sp³-hybridized carbons (Fsp3) is 0. The summed E-state index contributed by atoms with van der Waals surface area (Å²) in [4.78, 5) is 15.0. The van der Waals surface area contributed by atoms with Gasteiger partial charge in [0, 0.05) is 49.8 Å². The van der Waals surface area contributed by atoms with Crippen LogP contribution in [0.5, 0.6) is 0 Å². The molecule has 0 saturated carbocycles. The maximum Gasteiger partial charge on any atom is 0.136 e. The first-order valence-electron chi connectivity index (χ1n) is 14.4. The summed E-state index contributed by atoms with van der Waals surface area (Å²) in [5.74, 6) is 0. The van der Waals surface area contributed by atoms with Crippen molar-refractivity contribution < 1.29 is 4.42 Å². The zero-order chi connectivity index (χ0) is 28.3. The van der Waals surface area contributed by atoms with Gasteiger partial charge in [0.15, 0.2) is 0 Å². The van der Waals surface area contributed by atoms with E-state index in [1.54, 1.807) is 0 Å². The van der Waals surface area contributed by atoms with Crippen LogP contribution in [0.25, 0.3) is 88.3 Å². The molecule has 4 aromatic heterocycles. The molecule has 0 N–H and O–H groups in total. The molecule has 0 bridgehead atoms. The number of para-hydroxylation sites is 1. The fourth-order valence-electron chi connectivity index (χ4n) is 6.23. The van der Waals surface area contributed by atoms with E-state index >= 15 is 0 Å². The van der Waals surface area contributed by atoms with Crippen LogP contribution in [0.2, 0.25) is 0 Å². The molecule has 0 aliphatic carbocycles. The molecule has 0 atom stereocenters. The third-order valence-corrected chi connectivity index (χ3v) is 8.30. The second-order valence-corrected chi connectivity index (χ2v) is 10.8. The van der Waals surface area contributed by atoms with Crippen LogP contribution in [-0.2, 0) is 0 Å². The van der Waals surface area contributed by atoms with Crippen LogP contribution in [0.4, 0.5) is 0 Å². The van der Waals surface area contributed by atoms with Crippen molar-refractivity contribution in [1.29, 1.82) is 0 Å². The van der Waals surface area contributed by atoms with E-state index in [2.05, 4.69) is 103 Å². The lowest BCUT2D eigenvalue weighted by Gasteiger charge is -2.09. The van der Waals surface area contributed by atoms with E-state index in [0.29, 0.717) is 0 Å². The van der Waals surface area contributed by atoms with Gasteiger partial charge in [-0.3, -0.25) is 4.98 Å². The number of fused-ring (bicyclic) bond motifs is 7. The Morgan fingerprint density at radius 3 is 1.93 bits per heavy atom. The van der Waals surface area contributed by atoms with Crippen molar-refractivity contribution in [1.82, 2.24) is 15.0 Å². The minimum absolute atomic E-state index is 0.847. The Balaban J connectivity index is 1.25. The molecule has 4 nitrogen and oxygen atoms in total. The van der Waals surface area contributed by atoms with Crippen LogP contribution < -0.4 is 0 Å². The number of pyridine rings is 3. The van der Waals surface area contributed by atoms with E-state index < -0.39 is 0 Å². The van der Waals surface area contributed by atoms with Gasteiger partial charge in [0.05, 0.1) is 27.9 Å². The van der Waals surface area contributed by atoms with Crippen molar-refractivity contribution in [3.8, 4) is 33.6 Å². The van der Waals surface area contributed by atoms with E-state index in [-0.39, 0.29) is 0 Å². The van der Waals surface area contributed by atoms with Gasteiger partial charge in [-0.1, -0.05) is 91.0 Å². The van der Waals surface area contributed by atoms with Gasteiger partial charge in [-0.05, 0) is 48.0 Å².